The molecule has 6 nitrogen and oxygen atoms in total. The molecule has 1 spiro atoms. The van der Waals surface area contributed by atoms with Crippen LogP contribution in [0, 0.1) is 0 Å². The third kappa shape index (κ3) is 3.01. The van der Waals surface area contributed by atoms with Gasteiger partial charge in [0.05, 0.1) is 6.42 Å². The number of fused-ring (bicyclic) bond motifs is 2. The highest BCUT2D eigenvalue weighted by molar-refractivity contribution is 5.94. The molecule has 1 aliphatic heterocycles. The van der Waals surface area contributed by atoms with E-state index in [1.807, 2.05) is 42.5 Å². The molecule has 0 bridgehead atoms. The average molecular weight is 364 g/mol. The first kappa shape index (κ1) is 16.2. The van der Waals surface area contributed by atoms with Gasteiger partial charge in [-0.3, -0.25) is 4.79 Å². The maximum Gasteiger partial charge on any atom is 0.251 e. The first-order chi connectivity index (χ1) is 13.2. The van der Waals surface area contributed by atoms with Crippen molar-refractivity contribution >= 4 is 22.6 Å². The summed E-state index contributed by atoms with van der Waals surface area (Å²) < 4.78 is 17.4. The van der Waals surface area contributed by atoms with Crippen molar-refractivity contribution in [2.75, 3.05) is 5.32 Å². The van der Waals surface area contributed by atoms with Crippen LogP contribution < -0.4 is 14.8 Å². The summed E-state index contributed by atoms with van der Waals surface area (Å²) in [6, 6.07) is 13.0. The molecular formula is C21H20N2O4. The van der Waals surface area contributed by atoms with E-state index in [0.29, 0.717) is 22.7 Å². The Labute approximate surface area is 156 Å². The molecule has 1 saturated carbocycles. The number of nitrogens with zero attached hydrogens (tertiary/aromatic N) is 1. The Kier molecular flexibility index (Phi) is 3.77. The standard InChI is InChI=1S/C21H20N2O4/c24-20(13-16-15-6-2-3-7-17(15)27-23-16)22-14-8-9-18-19(12-14)26-21(25-18)10-4-1-5-11-21/h2-3,6-9,12H,1,4-5,10-11,13H2,(H,22,24). The third-order valence-corrected chi connectivity index (χ3v) is 5.21. The van der Waals surface area contributed by atoms with E-state index < -0.39 is 5.79 Å². The number of ether oxygens (including phenoxy) is 2. The maximum absolute atomic E-state index is 12.5. The van der Waals surface area contributed by atoms with E-state index in [-0.39, 0.29) is 12.3 Å². The molecule has 5 rings (SSSR count). The van der Waals surface area contributed by atoms with Crippen LogP contribution in [0.25, 0.3) is 11.0 Å². The molecule has 6 heteroatoms. The van der Waals surface area contributed by atoms with Crippen molar-refractivity contribution in [3.63, 3.8) is 0 Å². The SMILES string of the molecule is O=C(Cc1noc2ccccc12)Nc1ccc2c(c1)OC1(CCCCC1)O2. The number of para-hydroxylation sites is 1. The van der Waals surface area contributed by atoms with Crippen LogP contribution in [-0.2, 0) is 11.2 Å². The van der Waals surface area contributed by atoms with Gasteiger partial charge in [0.25, 0.3) is 5.79 Å². The van der Waals surface area contributed by atoms with Crippen LogP contribution in [0.1, 0.15) is 37.8 Å². The van der Waals surface area contributed by atoms with Gasteiger partial charge >= 0.3 is 0 Å². The highest BCUT2D eigenvalue weighted by Gasteiger charge is 2.42. The van der Waals surface area contributed by atoms with Crippen LogP contribution in [0.15, 0.2) is 47.0 Å². The molecular weight excluding hydrogens is 344 g/mol. The van der Waals surface area contributed by atoms with Crippen molar-refractivity contribution in [3.05, 3.63) is 48.2 Å². The fourth-order valence-corrected chi connectivity index (χ4v) is 3.89. The lowest BCUT2D eigenvalue weighted by Crippen LogP contribution is -2.40. The third-order valence-electron chi connectivity index (χ3n) is 5.21. The van der Waals surface area contributed by atoms with Crippen molar-refractivity contribution in [2.45, 2.75) is 44.3 Å². The number of carbonyl (C=O) groups is 1. The van der Waals surface area contributed by atoms with E-state index in [0.717, 1.165) is 36.8 Å². The zero-order valence-electron chi connectivity index (χ0n) is 14.9. The average Bonchev–Trinajstić information content (AvgIpc) is 3.23. The van der Waals surface area contributed by atoms with Gasteiger partial charge in [-0.1, -0.05) is 23.7 Å². The molecule has 3 aromatic rings. The number of hydrogen-bond donors (Lipinski definition) is 1. The highest BCUT2D eigenvalue weighted by atomic mass is 16.7. The van der Waals surface area contributed by atoms with Crippen molar-refractivity contribution in [3.8, 4) is 11.5 Å². The van der Waals surface area contributed by atoms with E-state index in [9.17, 15) is 4.79 Å². The van der Waals surface area contributed by atoms with Gasteiger partial charge in [-0.15, -0.1) is 0 Å². The molecule has 2 aromatic carbocycles. The van der Waals surface area contributed by atoms with Gasteiger partial charge in [0.1, 0.15) is 5.69 Å². The number of aromatic nitrogens is 1. The van der Waals surface area contributed by atoms with E-state index in [2.05, 4.69) is 10.5 Å². The van der Waals surface area contributed by atoms with Gasteiger partial charge in [-0.2, -0.15) is 0 Å². The number of amides is 1. The fraction of sp³-hybridized carbons (Fsp3) is 0.333. The number of hydrogen-bond acceptors (Lipinski definition) is 5. The Hall–Kier alpha value is -3.02. The zero-order chi connectivity index (χ0) is 18.3. The van der Waals surface area contributed by atoms with Gasteiger partial charge in [-0.05, 0) is 37.1 Å². The Bertz CT molecular complexity index is 1000. The topological polar surface area (TPSA) is 73.6 Å². The summed E-state index contributed by atoms with van der Waals surface area (Å²) in [5.41, 5.74) is 1.99. The summed E-state index contributed by atoms with van der Waals surface area (Å²) in [5, 5.41) is 7.78. The van der Waals surface area contributed by atoms with Gasteiger partial charge in [0.2, 0.25) is 5.91 Å². The summed E-state index contributed by atoms with van der Waals surface area (Å²) in [7, 11) is 0. The number of benzene rings is 2. The van der Waals surface area contributed by atoms with Crippen LogP contribution in [0.5, 0.6) is 11.5 Å². The van der Waals surface area contributed by atoms with Gasteiger partial charge in [-0.25, -0.2) is 0 Å². The molecule has 0 radical (unpaired) electrons. The second-order valence-electron chi connectivity index (χ2n) is 7.19. The maximum atomic E-state index is 12.5. The van der Waals surface area contributed by atoms with Crippen molar-refractivity contribution in [1.29, 1.82) is 0 Å². The molecule has 1 amide bonds. The first-order valence-corrected chi connectivity index (χ1v) is 9.36. The number of rotatable bonds is 3. The van der Waals surface area contributed by atoms with Crippen molar-refractivity contribution in [2.24, 2.45) is 0 Å². The van der Waals surface area contributed by atoms with Crippen molar-refractivity contribution in [1.82, 2.24) is 5.16 Å². The second kappa shape index (κ2) is 6.30. The van der Waals surface area contributed by atoms with Crippen LogP contribution >= 0.6 is 0 Å². The quantitative estimate of drug-likeness (QED) is 0.744. The minimum atomic E-state index is -0.511. The highest BCUT2D eigenvalue weighted by Crippen LogP contribution is 2.46. The Morgan fingerprint density at radius 1 is 1.04 bits per heavy atom. The molecule has 0 unspecified atom stereocenters. The number of carbonyl (C=O) groups excluding carboxylic acids is 1. The second-order valence-corrected chi connectivity index (χ2v) is 7.19. The van der Waals surface area contributed by atoms with E-state index in [4.69, 9.17) is 14.0 Å². The van der Waals surface area contributed by atoms with Crippen LogP contribution in [0.2, 0.25) is 0 Å². The fourth-order valence-electron chi connectivity index (χ4n) is 3.89. The smallest absolute Gasteiger partial charge is 0.251 e. The van der Waals surface area contributed by atoms with Gasteiger partial charge in [0.15, 0.2) is 17.1 Å². The lowest BCUT2D eigenvalue weighted by molar-refractivity contribution is -0.115. The van der Waals surface area contributed by atoms with Gasteiger partial charge in [0, 0.05) is 30.0 Å². The van der Waals surface area contributed by atoms with E-state index >= 15 is 0 Å². The molecule has 138 valence electrons. The van der Waals surface area contributed by atoms with Crippen LogP contribution in [-0.4, -0.2) is 16.9 Å². The summed E-state index contributed by atoms with van der Waals surface area (Å²) in [4.78, 5) is 12.5. The lowest BCUT2D eigenvalue weighted by atomic mass is 9.94. The normalized spacial score (nSPS) is 17.3. The molecule has 2 aliphatic rings. The molecule has 0 atom stereocenters. The van der Waals surface area contributed by atoms with Crippen LogP contribution in [0.4, 0.5) is 5.69 Å². The summed E-state index contributed by atoms with van der Waals surface area (Å²) in [6.45, 7) is 0. The number of anilines is 1. The molecule has 27 heavy (non-hydrogen) atoms. The predicted octanol–water partition coefficient (Wildman–Crippen LogP) is 4.44. The largest absolute Gasteiger partial charge is 0.448 e. The van der Waals surface area contributed by atoms with Gasteiger partial charge < -0.3 is 19.3 Å². The Balaban J connectivity index is 1.29. The lowest BCUT2D eigenvalue weighted by Gasteiger charge is -2.31. The molecule has 1 aliphatic carbocycles. The summed E-state index contributed by atoms with van der Waals surface area (Å²) in [6.07, 6.45) is 5.41. The minimum absolute atomic E-state index is 0.148. The summed E-state index contributed by atoms with van der Waals surface area (Å²) in [5.74, 6) is 0.780. The zero-order valence-corrected chi connectivity index (χ0v) is 14.9. The molecule has 0 saturated heterocycles. The molecule has 2 heterocycles. The molecule has 1 aromatic heterocycles. The Morgan fingerprint density at radius 3 is 2.74 bits per heavy atom. The monoisotopic (exact) mass is 364 g/mol. The van der Waals surface area contributed by atoms with Crippen molar-refractivity contribution < 1.29 is 18.8 Å². The van der Waals surface area contributed by atoms with Crippen LogP contribution in [0.3, 0.4) is 0 Å². The predicted molar refractivity (Wildman–Crippen MR) is 99.9 cm³/mol. The molecule has 1 fully saturated rings. The molecule has 1 N–H and O–H groups in total. The minimum Gasteiger partial charge on any atom is -0.448 e. The summed E-state index contributed by atoms with van der Waals surface area (Å²) >= 11 is 0. The Morgan fingerprint density at radius 2 is 1.85 bits per heavy atom. The van der Waals surface area contributed by atoms with E-state index in [1.165, 1.54) is 6.42 Å². The first-order valence-electron chi connectivity index (χ1n) is 9.36. The van der Waals surface area contributed by atoms with E-state index in [1.54, 1.807) is 0 Å². The number of nitrogens with one attached hydrogen (secondary N) is 1.